The molecule has 1 saturated carbocycles. The molecule has 1 heterocycles. The molecule has 0 aromatic heterocycles. The van der Waals surface area contributed by atoms with Crippen LogP contribution in [0.15, 0.2) is 48.5 Å². The van der Waals surface area contributed by atoms with Crippen LogP contribution in [0, 0.1) is 0 Å². The molecule has 7 nitrogen and oxygen atoms in total. The third-order valence-corrected chi connectivity index (χ3v) is 7.74. The number of nitrogens with zero attached hydrogens (tertiary/aromatic N) is 1. The van der Waals surface area contributed by atoms with Crippen LogP contribution in [0.1, 0.15) is 57.6 Å². The normalized spacial score (nSPS) is 23.1. The average molecular weight is 526 g/mol. The number of fused-ring (bicyclic) bond motifs is 1. The van der Waals surface area contributed by atoms with E-state index in [4.69, 9.17) is 26.4 Å². The van der Waals surface area contributed by atoms with Crippen LogP contribution in [0.5, 0.6) is 11.5 Å². The second-order valence-electron chi connectivity index (χ2n) is 10.9. The SMILES string of the molecule is COc1ccc([C@@]23CC[C@@H](NC(=S)NCc4ccccc4)C[C@H]2N(C(=O)OC(C)(C)C)CC3)cc1OC. The van der Waals surface area contributed by atoms with Gasteiger partial charge in [0.1, 0.15) is 5.60 Å². The van der Waals surface area contributed by atoms with Gasteiger partial charge in [0.05, 0.1) is 14.2 Å². The maximum absolute atomic E-state index is 13.3. The second-order valence-corrected chi connectivity index (χ2v) is 11.4. The molecular formula is C29H39N3O4S. The summed E-state index contributed by atoms with van der Waals surface area (Å²) < 4.78 is 16.9. The molecule has 0 unspecified atom stereocenters. The van der Waals surface area contributed by atoms with Crippen molar-refractivity contribution in [1.29, 1.82) is 0 Å². The van der Waals surface area contributed by atoms with Gasteiger partial charge in [-0.3, -0.25) is 0 Å². The topological polar surface area (TPSA) is 72.1 Å². The van der Waals surface area contributed by atoms with E-state index in [0.29, 0.717) is 29.7 Å². The summed E-state index contributed by atoms with van der Waals surface area (Å²) in [4.78, 5) is 15.2. The molecule has 1 saturated heterocycles. The Bertz CT molecular complexity index is 1100. The summed E-state index contributed by atoms with van der Waals surface area (Å²) in [6.45, 7) is 7.04. The Kier molecular flexibility index (Phi) is 8.17. The number of benzene rings is 2. The van der Waals surface area contributed by atoms with Gasteiger partial charge in [0.25, 0.3) is 0 Å². The number of methoxy groups -OCH3 is 2. The van der Waals surface area contributed by atoms with Crippen molar-refractivity contribution < 1.29 is 19.0 Å². The van der Waals surface area contributed by atoms with Crippen molar-refractivity contribution in [1.82, 2.24) is 15.5 Å². The minimum Gasteiger partial charge on any atom is -0.493 e. The summed E-state index contributed by atoms with van der Waals surface area (Å²) in [5.74, 6) is 1.40. The Morgan fingerprint density at radius 1 is 1.08 bits per heavy atom. The second kappa shape index (κ2) is 11.2. The molecule has 200 valence electrons. The molecule has 1 aliphatic carbocycles. The van der Waals surface area contributed by atoms with Gasteiger partial charge < -0.3 is 29.7 Å². The predicted octanol–water partition coefficient (Wildman–Crippen LogP) is 5.17. The van der Waals surface area contributed by atoms with Crippen LogP contribution in [-0.4, -0.2) is 54.6 Å². The van der Waals surface area contributed by atoms with E-state index in [1.165, 1.54) is 11.1 Å². The monoisotopic (exact) mass is 525 g/mol. The van der Waals surface area contributed by atoms with Crippen molar-refractivity contribution in [2.45, 2.75) is 76.1 Å². The van der Waals surface area contributed by atoms with Crippen LogP contribution >= 0.6 is 12.2 Å². The van der Waals surface area contributed by atoms with Gasteiger partial charge in [0.15, 0.2) is 16.6 Å². The van der Waals surface area contributed by atoms with Gasteiger partial charge in [-0.05, 0) is 81.9 Å². The lowest BCUT2D eigenvalue weighted by Crippen LogP contribution is -2.55. The fourth-order valence-electron chi connectivity index (χ4n) is 5.72. The number of likely N-dealkylation sites (tertiary alicyclic amines) is 1. The maximum atomic E-state index is 13.3. The van der Waals surface area contributed by atoms with E-state index in [1.54, 1.807) is 14.2 Å². The fourth-order valence-corrected chi connectivity index (χ4v) is 5.95. The van der Waals surface area contributed by atoms with Crippen LogP contribution < -0.4 is 20.1 Å². The highest BCUT2D eigenvalue weighted by Crippen LogP contribution is 2.50. The van der Waals surface area contributed by atoms with Crippen LogP contribution in [0.4, 0.5) is 4.79 Å². The molecule has 0 spiro atoms. The van der Waals surface area contributed by atoms with Gasteiger partial charge in [-0.25, -0.2) is 4.79 Å². The minimum absolute atomic E-state index is 0.0244. The Balaban J connectivity index is 1.54. The molecule has 2 aliphatic rings. The predicted molar refractivity (Wildman–Crippen MR) is 149 cm³/mol. The number of amides is 1. The quantitative estimate of drug-likeness (QED) is 0.504. The van der Waals surface area contributed by atoms with Crippen molar-refractivity contribution in [2.24, 2.45) is 0 Å². The van der Waals surface area contributed by atoms with E-state index in [-0.39, 0.29) is 23.6 Å². The number of nitrogens with one attached hydrogen (secondary N) is 2. The number of carbonyl (C=O) groups excluding carboxylic acids is 1. The van der Waals surface area contributed by atoms with Crippen molar-refractivity contribution in [3.05, 3.63) is 59.7 Å². The Hall–Kier alpha value is -3.00. The number of hydrogen-bond donors (Lipinski definition) is 2. The molecule has 2 aromatic rings. The highest BCUT2D eigenvalue weighted by molar-refractivity contribution is 7.80. The van der Waals surface area contributed by atoms with Gasteiger partial charge in [0, 0.05) is 30.6 Å². The van der Waals surface area contributed by atoms with Crippen molar-refractivity contribution >= 4 is 23.4 Å². The first kappa shape index (κ1) is 27.0. The molecule has 37 heavy (non-hydrogen) atoms. The van der Waals surface area contributed by atoms with E-state index in [1.807, 2.05) is 49.9 Å². The Morgan fingerprint density at radius 3 is 2.49 bits per heavy atom. The van der Waals surface area contributed by atoms with E-state index >= 15 is 0 Å². The summed E-state index contributed by atoms with van der Waals surface area (Å²) in [5, 5.41) is 7.47. The van der Waals surface area contributed by atoms with Gasteiger partial charge in [-0.15, -0.1) is 0 Å². The molecular weight excluding hydrogens is 486 g/mol. The zero-order valence-corrected chi connectivity index (χ0v) is 23.3. The van der Waals surface area contributed by atoms with E-state index in [9.17, 15) is 4.79 Å². The summed E-state index contributed by atoms with van der Waals surface area (Å²) in [6, 6.07) is 16.5. The lowest BCUT2D eigenvalue weighted by Gasteiger charge is -2.45. The van der Waals surface area contributed by atoms with Crippen molar-refractivity contribution in [2.75, 3.05) is 20.8 Å². The summed E-state index contributed by atoms with van der Waals surface area (Å²) >= 11 is 5.63. The standard InChI is InChI=1S/C29H39N3O4S/c1-28(2,3)36-27(33)32-16-15-29(21-11-12-23(34-4)24(17-21)35-5)14-13-22(18-25(29)32)31-26(37)30-19-20-9-7-6-8-10-20/h6-12,17,22,25H,13-16,18-19H2,1-5H3,(H2,30,31,37)/t22-,25-,29+/m1/s1. The molecule has 3 atom stereocenters. The van der Waals surface area contributed by atoms with Gasteiger partial charge in [0.2, 0.25) is 0 Å². The zero-order chi connectivity index (χ0) is 26.6. The van der Waals surface area contributed by atoms with Gasteiger partial charge >= 0.3 is 6.09 Å². The van der Waals surface area contributed by atoms with E-state index in [2.05, 4.69) is 34.9 Å². The smallest absolute Gasteiger partial charge is 0.410 e. The van der Waals surface area contributed by atoms with Crippen LogP contribution in [-0.2, 0) is 16.7 Å². The van der Waals surface area contributed by atoms with E-state index < -0.39 is 5.60 Å². The Morgan fingerprint density at radius 2 is 1.81 bits per heavy atom. The molecule has 2 N–H and O–H groups in total. The van der Waals surface area contributed by atoms with Crippen LogP contribution in [0.3, 0.4) is 0 Å². The highest BCUT2D eigenvalue weighted by atomic mass is 32.1. The molecule has 4 rings (SSSR count). The first-order chi connectivity index (χ1) is 17.6. The third kappa shape index (κ3) is 6.12. The van der Waals surface area contributed by atoms with Crippen molar-refractivity contribution in [3.63, 3.8) is 0 Å². The molecule has 0 bridgehead atoms. The fraction of sp³-hybridized carbons (Fsp3) is 0.517. The van der Waals surface area contributed by atoms with Crippen LogP contribution in [0.25, 0.3) is 0 Å². The number of ether oxygens (including phenoxy) is 3. The lowest BCUT2D eigenvalue weighted by atomic mass is 9.65. The third-order valence-electron chi connectivity index (χ3n) is 7.48. The first-order valence-electron chi connectivity index (χ1n) is 13.0. The molecule has 8 heteroatoms. The van der Waals surface area contributed by atoms with Crippen molar-refractivity contribution in [3.8, 4) is 11.5 Å². The van der Waals surface area contributed by atoms with Gasteiger partial charge in [-0.1, -0.05) is 36.4 Å². The first-order valence-corrected chi connectivity index (χ1v) is 13.4. The number of carbonyl (C=O) groups is 1. The molecule has 0 radical (unpaired) electrons. The zero-order valence-electron chi connectivity index (χ0n) is 22.5. The number of thiocarbonyl (C=S) groups is 1. The molecule has 1 amide bonds. The lowest BCUT2D eigenvalue weighted by molar-refractivity contribution is 0.0150. The Labute approximate surface area is 225 Å². The van der Waals surface area contributed by atoms with Gasteiger partial charge in [-0.2, -0.15) is 0 Å². The average Bonchev–Trinajstić information content (AvgIpc) is 3.27. The summed E-state index contributed by atoms with van der Waals surface area (Å²) in [6.07, 6.45) is 3.26. The largest absolute Gasteiger partial charge is 0.493 e. The molecule has 2 fully saturated rings. The number of hydrogen-bond acceptors (Lipinski definition) is 5. The van der Waals surface area contributed by atoms with E-state index in [0.717, 1.165) is 25.7 Å². The number of rotatable bonds is 6. The summed E-state index contributed by atoms with van der Waals surface area (Å²) in [5.41, 5.74) is 1.60. The molecule has 2 aromatic carbocycles. The maximum Gasteiger partial charge on any atom is 0.410 e. The molecule has 1 aliphatic heterocycles. The summed E-state index contributed by atoms with van der Waals surface area (Å²) in [7, 11) is 3.30. The van der Waals surface area contributed by atoms with Crippen LogP contribution in [0.2, 0.25) is 0 Å². The highest BCUT2D eigenvalue weighted by Gasteiger charge is 2.54. The minimum atomic E-state index is -0.555.